The van der Waals surface area contributed by atoms with Gasteiger partial charge in [-0.15, -0.1) is 11.8 Å². The maximum atomic E-state index is 14.1. The van der Waals surface area contributed by atoms with Crippen LogP contribution in [0.25, 0.3) is 0 Å². The number of carbonyl (C=O) groups is 2. The number of carbonyl (C=O) groups excluding carboxylic acids is 1. The number of amides is 2. The molecule has 1 aromatic carbocycles. The molecule has 0 atom stereocenters. The zero-order chi connectivity index (χ0) is 23.3. The van der Waals surface area contributed by atoms with Gasteiger partial charge in [-0.1, -0.05) is 24.3 Å². The van der Waals surface area contributed by atoms with Crippen molar-refractivity contribution in [1.29, 1.82) is 0 Å². The van der Waals surface area contributed by atoms with Gasteiger partial charge in [0.2, 0.25) is 0 Å². The molecule has 1 fully saturated rings. The molecule has 2 N–H and O–H groups in total. The number of benzene rings is 1. The molecule has 32 heavy (non-hydrogen) atoms. The molecule has 2 aromatic rings. The molecule has 1 aliphatic carbocycles. The molecular weight excluding hydrogens is 463 g/mol. The summed E-state index contributed by atoms with van der Waals surface area (Å²) < 4.78 is 41.6. The Hall–Kier alpha value is -2.27. The lowest BCUT2D eigenvalue weighted by Gasteiger charge is -2.36. The second kappa shape index (κ2) is 11.0. The summed E-state index contributed by atoms with van der Waals surface area (Å²) in [6, 6.07) is 1.61. The Morgan fingerprint density at radius 2 is 1.94 bits per heavy atom. The summed E-state index contributed by atoms with van der Waals surface area (Å²) in [5, 5.41) is 11.8. The minimum absolute atomic E-state index is 0.00693. The summed E-state index contributed by atoms with van der Waals surface area (Å²) in [4.78, 5) is 29.5. The highest BCUT2D eigenvalue weighted by Gasteiger charge is 2.28. The van der Waals surface area contributed by atoms with Gasteiger partial charge in [-0.25, -0.2) is 22.9 Å². The largest absolute Gasteiger partial charge is 0.481 e. The topological polar surface area (TPSA) is 82.5 Å². The molecular formula is C21H24F3N3O3S2. The van der Waals surface area contributed by atoms with Gasteiger partial charge in [0, 0.05) is 12.6 Å². The maximum absolute atomic E-state index is 14.1. The molecule has 0 bridgehead atoms. The first-order valence-electron chi connectivity index (χ1n) is 10.2. The lowest BCUT2D eigenvalue weighted by Crippen LogP contribution is -2.45. The van der Waals surface area contributed by atoms with Crippen molar-refractivity contribution >= 4 is 40.2 Å². The number of thiazole rings is 1. The zero-order valence-corrected chi connectivity index (χ0v) is 19.1. The zero-order valence-electron chi connectivity index (χ0n) is 17.4. The molecule has 1 saturated carbocycles. The van der Waals surface area contributed by atoms with Crippen LogP contribution in [0.2, 0.25) is 0 Å². The summed E-state index contributed by atoms with van der Waals surface area (Å²) in [6.45, 7) is 2.29. The van der Waals surface area contributed by atoms with Crippen LogP contribution in [0.3, 0.4) is 0 Å². The smallest absolute Gasteiger partial charge is 0.323 e. The Balaban J connectivity index is 1.70. The van der Waals surface area contributed by atoms with Crippen molar-refractivity contribution in [3.8, 4) is 0 Å². The number of carboxylic acids is 1. The molecule has 1 aliphatic rings. The van der Waals surface area contributed by atoms with E-state index in [1.54, 1.807) is 4.90 Å². The van der Waals surface area contributed by atoms with E-state index in [0.717, 1.165) is 43.5 Å². The van der Waals surface area contributed by atoms with Gasteiger partial charge in [-0.3, -0.25) is 10.1 Å². The lowest BCUT2D eigenvalue weighted by molar-refractivity contribution is -0.133. The highest BCUT2D eigenvalue weighted by molar-refractivity contribution is 8.01. The van der Waals surface area contributed by atoms with Gasteiger partial charge in [0.05, 0.1) is 16.2 Å². The molecule has 0 saturated heterocycles. The Morgan fingerprint density at radius 1 is 1.22 bits per heavy atom. The van der Waals surface area contributed by atoms with Crippen molar-refractivity contribution in [2.45, 2.75) is 49.3 Å². The fourth-order valence-corrected chi connectivity index (χ4v) is 5.27. The summed E-state index contributed by atoms with van der Waals surface area (Å²) in [6.07, 6.45) is 5.05. The number of anilines is 1. The van der Waals surface area contributed by atoms with Crippen LogP contribution >= 0.6 is 23.1 Å². The van der Waals surface area contributed by atoms with Gasteiger partial charge in [0.1, 0.15) is 0 Å². The summed E-state index contributed by atoms with van der Waals surface area (Å²) >= 11 is 2.28. The predicted molar refractivity (Wildman–Crippen MR) is 118 cm³/mol. The fraction of sp³-hybridized carbons (Fsp3) is 0.476. The molecule has 1 heterocycles. The Bertz CT molecular complexity index is 965. The minimum atomic E-state index is -1.51. The fourth-order valence-electron chi connectivity index (χ4n) is 3.68. The maximum Gasteiger partial charge on any atom is 0.323 e. The van der Waals surface area contributed by atoms with E-state index in [0.29, 0.717) is 15.3 Å². The number of nitrogens with zero attached hydrogens (tertiary/aromatic N) is 2. The molecule has 0 unspecified atom stereocenters. The van der Waals surface area contributed by atoms with Crippen molar-refractivity contribution < 1.29 is 27.9 Å². The molecule has 11 heteroatoms. The number of nitrogens with one attached hydrogen (secondary N) is 1. The molecule has 0 aliphatic heterocycles. The van der Waals surface area contributed by atoms with Gasteiger partial charge in [-0.05, 0) is 49.7 Å². The van der Waals surface area contributed by atoms with E-state index in [1.807, 2.05) is 0 Å². The molecule has 0 spiro atoms. The van der Waals surface area contributed by atoms with Crippen LogP contribution in [0.5, 0.6) is 0 Å². The second-order valence-electron chi connectivity index (χ2n) is 7.79. The van der Waals surface area contributed by atoms with E-state index >= 15 is 0 Å². The van der Waals surface area contributed by atoms with E-state index in [1.165, 1.54) is 23.6 Å². The number of rotatable bonds is 8. The SMILES string of the molecule is C[C@H]1CC[C@H](N(CCc2ccc(F)c(F)c2F)C(=O)Nc2ncc(SCC(=O)O)s2)CC1. The van der Waals surface area contributed by atoms with Crippen molar-refractivity contribution in [1.82, 2.24) is 9.88 Å². The first kappa shape index (κ1) is 24.4. The number of aliphatic carboxylic acids is 1. The molecule has 1 aromatic heterocycles. The third-order valence-electron chi connectivity index (χ3n) is 5.46. The number of hydrogen-bond acceptors (Lipinski definition) is 5. The Kier molecular flexibility index (Phi) is 8.41. The van der Waals surface area contributed by atoms with E-state index in [9.17, 15) is 22.8 Å². The molecule has 6 nitrogen and oxygen atoms in total. The second-order valence-corrected chi connectivity index (χ2v) is 10.1. The van der Waals surface area contributed by atoms with Gasteiger partial charge >= 0.3 is 12.0 Å². The number of aromatic nitrogens is 1. The number of urea groups is 1. The van der Waals surface area contributed by atoms with Crippen LogP contribution in [0.15, 0.2) is 22.5 Å². The average Bonchev–Trinajstić information content (AvgIpc) is 3.20. The average molecular weight is 488 g/mol. The Labute approximate surface area is 192 Å². The normalized spacial score (nSPS) is 18.4. The van der Waals surface area contributed by atoms with Crippen LogP contribution in [0.1, 0.15) is 38.2 Å². The highest BCUT2D eigenvalue weighted by atomic mass is 32.2. The van der Waals surface area contributed by atoms with Crippen LogP contribution in [-0.4, -0.2) is 45.3 Å². The predicted octanol–water partition coefficient (Wildman–Crippen LogP) is 5.39. The van der Waals surface area contributed by atoms with Crippen LogP contribution in [-0.2, 0) is 11.2 Å². The molecule has 3 rings (SSSR count). The van der Waals surface area contributed by atoms with E-state index < -0.39 is 29.5 Å². The van der Waals surface area contributed by atoms with Gasteiger partial charge in [0.15, 0.2) is 22.6 Å². The van der Waals surface area contributed by atoms with Gasteiger partial charge < -0.3 is 10.0 Å². The van der Waals surface area contributed by atoms with Crippen molar-refractivity contribution in [2.75, 3.05) is 17.6 Å². The molecule has 0 radical (unpaired) electrons. The van der Waals surface area contributed by atoms with Crippen molar-refractivity contribution in [3.05, 3.63) is 41.3 Å². The van der Waals surface area contributed by atoms with Crippen molar-refractivity contribution in [2.24, 2.45) is 5.92 Å². The van der Waals surface area contributed by atoms with Gasteiger partial charge in [0.25, 0.3) is 0 Å². The first-order valence-corrected chi connectivity index (χ1v) is 12.0. The molecule has 2 amide bonds. The van der Waals surface area contributed by atoms with Crippen LogP contribution in [0.4, 0.5) is 23.1 Å². The third kappa shape index (κ3) is 6.38. The standard InChI is InChI=1S/C21H24F3N3O3S2/c1-12-2-5-14(6-3-12)27(9-8-13-4-7-15(22)19(24)18(13)23)21(30)26-20-25-10-17(32-20)31-11-16(28)29/h4,7,10,12,14H,2-3,5-6,8-9,11H2,1H3,(H,28,29)(H,25,26,30)/t12-,14-. The minimum Gasteiger partial charge on any atom is -0.481 e. The number of carboxylic acid groups (broad SMARTS) is 1. The number of thioether (sulfide) groups is 1. The first-order chi connectivity index (χ1) is 15.2. The van der Waals surface area contributed by atoms with Crippen LogP contribution in [0, 0.1) is 23.4 Å². The lowest BCUT2D eigenvalue weighted by atomic mass is 9.86. The summed E-state index contributed by atoms with van der Waals surface area (Å²) in [5.74, 6) is -4.49. The monoisotopic (exact) mass is 487 g/mol. The van der Waals surface area contributed by atoms with E-state index in [2.05, 4.69) is 17.2 Å². The quantitative estimate of drug-likeness (QED) is 0.385. The Morgan fingerprint density at radius 3 is 2.62 bits per heavy atom. The highest BCUT2D eigenvalue weighted by Crippen LogP contribution is 2.30. The number of hydrogen-bond donors (Lipinski definition) is 2. The van der Waals surface area contributed by atoms with Gasteiger partial charge in [-0.2, -0.15) is 0 Å². The van der Waals surface area contributed by atoms with Crippen LogP contribution < -0.4 is 5.32 Å². The summed E-state index contributed by atoms with van der Waals surface area (Å²) in [7, 11) is 0. The van der Waals surface area contributed by atoms with E-state index in [-0.39, 0.29) is 30.3 Å². The van der Waals surface area contributed by atoms with Crippen molar-refractivity contribution in [3.63, 3.8) is 0 Å². The third-order valence-corrected chi connectivity index (χ3v) is 7.55. The molecule has 174 valence electrons. The van der Waals surface area contributed by atoms with E-state index in [4.69, 9.17) is 5.11 Å². The number of halogens is 3. The summed E-state index contributed by atoms with van der Waals surface area (Å²) in [5.41, 5.74) is 0.00693.